The van der Waals surface area contributed by atoms with Crippen LogP contribution in [-0.2, 0) is 6.42 Å². The number of carbonyl (C=O) groups is 1. The van der Waals surface area contributed by atoms with Gasteiger partial charge in [-0.15, -0.1) is 0 Å². The zero-order valence-corrected chi connectivity index (χ0v) is 18.2. The molecular formula is C26H22ClN3O. The molecule has 154 valence electrons. The minimum absolute atomic E-state index is 0.159. The maximum atomic E-state index is 12.6. The molecule has 0 saturated carbocycles. The predicted molar refractivity (Wildman–Crippen MR) is 128 cm³/mol. The number of fused-ring (bicyclic) bond motifs is 2. The van der Waals surface area contributed by atoms with Gasteiger partial charge in [0.15, 0.2) is 0 Å². The maximum Gasteiger partial charge on any atom is 0.255 e. The van der Waals surface area contributed by atoms with E-state index in [0.29, 0.717) is 16.3 Å². The summed E-state index contributed by atoms with van der Waals surface area (Å²) in [6.45, 7) is 4.90. The minimum atomic E-state index is -0.159. The molecule has 0 atom stereocenters. The number of hydrogen-bond acceptors (Lipinski definition) is 3. The van der Waals surface area contributed by atoms with Crippen LogP contribution in [0.3, 0.4) is 0 Å². The maximum absolute atomic E-state index is 12.6. The number of amides is 1. The molecule has 1 aromatic heterocycles. The van der Waals surface area contributed by atoms with Crippen molar-refractivity contribution in [3.63, 3.8) is 0 Å². The van der Waals surface area contributed by atoms with Gasteiger partial charge in [-0.3, -0.25) is 4.79 Å². The standard InChI is InChI=1S/C26H22ClN3O/c1-16-3-5-19-14-20-11-12-30(25(20)29-24(19)13-16)22-9-6-18(7-10-22)26(31)28-21-8-4-17(2)23(27)15-21/h3-10,13-15H,11-12H2,1-2H3,(H,28,31). The Morgan fingerprint density at radius 1 is 1.00 bits per heavy atom. The smallest absolute Gasteiger partial charge is 0.255 e. The molecule has 31 heavy (non-hydrogen) atoms. The Morgan fingerprint density at radius 2 is 1.81 bits per heavy atom. The molecule has 4 nitrogen and oxygen atoms in total. The van der Waals surface area contributed by atoms with Gasteiger partial charge in [0.1, 0.15) is 5.82 Å². The van der Waals surface area contributed by atoms with Crippen LogP contribution in [0.15, 0.2) is 66.7 Å². The van der Waals surface area contributed by atoms with Gasteiger partial charge in [0.25, 0.3) is 5.91 Å². The van der Waals surface area contributed by atoms with Crippen molar-refractivity contribution >= 4 is 45.6 Å². The van der Waals surface area contributed by atoms with Gasteiger partial charge >= 0.3 is 0 Å². The first kappa shape index (κ1) is 19.6. The number of halogens is 1. The summed E-state index contributed by atoms with van der Waals surface area (Å²) in [4.78, 5) is 19.8. The van der Waals surface area contributed by atoms with Gasteiger partial charge in [-0.1, -0.05) is 29.8 Å². The number of nitrogens with zero attached hydrogens (tertiary/aromatic N) is 2. The highest BCUT2D eigenvalue weighted by Gasteiger charge is 2.23. The number of pyridine rings is 1. The molecule has 1 aliphatic rings. The topological polar surface area (TPSA) is 45.2 Å². The minimum Gasteiger partial charge on any atom is -0.326 e. The van der Waals surface area contributed by atoms with Crippen molar-refractivity contribution in [1.29, 1.82) is 0 Å². The number of carbonyl (C=O) groups excluding carboxylic acids is 1. The Balaban J connectivity index is 1.38. The molecule has 2 heterocycles. The number of benzene rings is 3. The van der Waals surface area contributed by atoms with E-state index in [1.165, 1.54) is 16.5 Å². The lowest BCUT2D eigenvalue weighted by Crippen LogP contribution is -2.15. The molecule has 0 saturated heterocycles. The first-order valence-electron chi connectivity index (χ1n) is 10.3. The second-order valence-corrected chi connectivity index (χ2v) is 8.44. The van der Waals surface area contributed by atoms with E-state index in [1.807, 2.05) is 43.3 Å². The molecule has 0 aliphatic carbocycles. The summed E-state index contributed by atoms with van der Waals surface area (Å²) in [6, 6.07) is 21.8. The van der Waals surface area contributed by atoms with Crippen LogP contribution < -0.4 is 10.2 Å². The summed E-state index contributed by atoms with van der Waals surface area (Å²) < 4.78 is 0. The lowest BCUT2D eigenvalue weighted by Gasteiger charge is -2.19. The first-order chi connectivity index (χ1) is 15.0. The van der Waals surface area contributed by atoms with Crippen LogP contribution in [0, 0.1) is 13.8 Å². The third kappa shape index (κ3) is 3.75. The van der Waals surface area contributed by atoms with E-state index in [2.05, 4.69) is 41.4 Å². The Kier molecular flexibility index (Phi) is 4.87. The molecule has 1 amide bonds. The fraction of sp³-hybridized carbons (Fsp3) is 0.154. The van der Waals surface area contributed by atoms with Gasteiger partial charge in [0.2, 0.25) is 0 Å². The van der Waals surface area contributed by atoms with E-state index >= 15 is 0 Å². The Bertz CT molecular complexity index is 1310. The highest BCUT2D eigenvalue weighted by molar-refractivity contribution is 6.31. The third-order valence-electron chi connectivity index (χ3n) is 5.76. The predicted octanol–water partition coefficient (Wildman–Crippen LogP) is 6.45. The second-order valence-electron chi connectivity index (χ2n) is 8.03. The van der Waals surface area contributed by atoms with Crippen LogP contribution in [0.25, 0.3) is 10.9 Å². The molecule has 0 radical (unpaired) electrons. The van der Waals surface area contributed by atoms with Gasteiger partial charge in [0.05, 0.1) is 5.52 Å². The summed E-state index contributed by atoms with van der Waals surface area (Å²) in [5, 5.41) is 4.72. The largest absolute Gasteiger partial charge is 0.326 e. The lowest BCUT2D eigenvalue weighted by atomic mass is 10.1. The zero-order valence-electron chi connectivity index (χ0n) is 17.4. The van der Waals surface area contributed by atoms with E-state index in [0.717, 1.165) is 35.6 Å². The summed E-state index contributed by atoms with van der Waals surface area (Å²) in [6.07, 6.45) is 0.961. The summed E-state index contributed by atoms with van der Waals surface area (Å²) >= 11 is 6.16. The van der Waals surface area contributed by atoms with Gasteiger partial charge in [-0.2, -0.15) is 0 Å². The van der Waals surface area contributed by atoms with Crippen molar-refractivity contribution in [3.8, 4) is 0 Å². The van der Waals surface area contributed by atoms with Crippen molar-refractivity contribution in [2.45, 2.75) is 20.3 Å². The fourth-order valence-corrected chi connectivity index (χ4v) is 4.17. The van der Waals surface area contributed by atoms with Crippen molar-refractivity contribution in [1.82, 2.24) is 4.98 Å². The third-order valence-corrected chi connectivity index (χ3v) is 6.17. The summed E-state index contributed by atoms with van der Waals surface area (Å²) in [5.74, 6) is 0.845. The van der Waals surface area contributed by atoms with Gasteiger partial charge in [0, 0.05) is 33.9 Å². The first-order valence-corrected chi connectivity index (χ1v) is 10.7. The van der Waals surface area contributed by atoms with Crippen molar-refractivity contribution in [2.24, 2.45) is 0 Å². The van der Waals surface area contributed by atoms with Crippen molar-refractivity contribution in [2.75, 3.05) is 16.8 Å². The molecule has 0 unspecified atom stereocenters. The quantitative estimate of drug-likeness (QED) is 0.408. The Hall–Kier alpha value is -3.37. The van der Waals surface area contributed by atoms with Gasteiger partial charge in [-0.05, 0) is 85.5 Å². The molecule has 1 N–H and O–H groups in total. The van der Waals surface area contributed by atoms with Gasteiger partial charge in [-0.25, -0.2) is 4.98 Å². The number of hydrogen-bond donors (Lipinski definition) is 1. The molecule has 3 aromatic carbocycles. The lowest BCUT2D eigenvalue weighted by molar-refractivity contribution is 0.102. The second kappa shape index (κ2) is 7.71. The summed E-state index contributed by atoms with van der Waals surface area (Å²) in [5.41, 5.74) is 6.77. The molecule has 5 heteroatoms. The summed E-state index contributed by atoms with van der Waals surface area (Å²) in [7, 11) is 0. The number of nitrogens with one attached hydrogen (secondary N) is 1. The van der Waals surface area contributed by atoms with Crippen LogP contribution in [0.1, 0.15) is 27.0 Å². The van der Waals surface area contributed by atoms with Crippen molar-refractivity contribution in [3.05, 3.63) is 94.0 Å². The SMILES string of the molecule is Cc1ccc2cc3c(nc2c1)N(c1ccc(C(=O)Nc2ccc(C)c(Cl)c2)cc1)CC3. The van der Waals surface area contributed by atoms with E-state index in [-0.39, 0.29) is 5.91 Å². The molecule has 1 aliphatic heterocycles. The molecule has 0 spiro atoms. The molecular weight excluding hydrogens is 406 g/mol. The number of anilines is 3. The van der Waals surface area contributed by atoms with Gasteiger partial charge < -0.3 is 10.2 Å². The number of aryl methyl sites for hydroxylation is 2. The normalized spacial score (nSPS) is 12.8. The fourth-order valence-electron chi connectivity index (χ4n) is 3.98. The van der Waals surface area contributed by atoms with Crippen LogP contribution in [0.2, 0.25) is 5.02 Å². The van der Waals surface area contributed by atoms with E-state index in [1.54, 1.807) is 6.07 Å². The number of rotatable bonds is 3. The monoisotopic (exact) mass is 427 g/mol. The molecule has 4 aromatic rings. The van der Waals surface area contributed by atoms with Crippen LogP contribution >= 0.6 is 11.6 Å². The molecule has 0 fully saturated rings. The van der Waals surface area contributed by atoms with E-state index in [9.17, 15) is 4.79 Å². The van der Waals surface area contributed by atoms with E-state index in [4.69, 9.17) is 16.6 Å². The van der Waals surface area contributed by atoms with Crippen LogP contribution in [0.5, 0.6) is 0 Å². The number of aromatic nitrogens is 1. The average molecular weight is 428 g/mol. The highest BCUT2D eigenvalue weighted by Crippen LogP contribution is 2.35. The molecule has 0 bridgehead atoms. The average Bonchev–Trinajstić information content (AvgIpc) is 3.17. The van der Waals surface area contributed by atoms with Crippen molar-refractivity contribution < 1.29 is 4.79 Å². The highest BCUT2D eigenvalue weighted by atomic mass is 35.5. The van der Waals surface area contributed by atoms with Crippen LogP contribution in [-0.4, -0.2) is 17.4 Å². The Morgan fingerprint density at radius 3 is 2.58 bits per heavy atom. The van der Waals surface area contributed by atoms with Crippen LogP contribution in [0.4, 0.5) is 17.2 Å². The van der Waals surface area contributed by atoms with E-state index < -0.39 is 0 Å². The molecule has 5 rings (SSSR count). The zero-order chi connectivity index (χ0) is 21.5. The Labute approximate surface area is 186 Å².